The SMILES string of the molecule is CN(Cc1nnc2n1CCC2)C(=O)C(N)c1cccs1. The van der Waals surface area contributed by atoms with Crippen molar-refractivity contribution in [3.8, 4) is 0 Å². The maximum atomic E-state index is 12.3. The number of aryl methyl sites for hydroxylation is 1. The Kier molecular flexibility index (Phi) is 3.54. The van der Waals surface area contributed by atoms with Gasteiger partial charge in [-0.1, -0.05) is 6.07 Å². The third-order valence-electron chi connectivity index (χ3n) is 3.56. The Morgan fingerprint density at radius 3 is 3.20 bits per heavy atom. The zero-order chi connectivity index (χ0) is 14.1. The lowest BCUT2D eigenvalue weighted by atomic mass is 10.2. The van der Waals surface area contributed by atoms with Crippen molar-refractivity contribution in [1.29, 1.82) is 0 Å². The van der Waals surface area contributed by atoms with Crippen LogP contribution in [0.1, 0.15) is 29.0 Å². The van der Waals surface area contributed by atoms with Crippen LogP contribution in [0.2, 0.25) is 0 Å². The Morgan fingerprint density at radius 2 is 2.45 bits per heavy atom. The summed E-state index contributed by atoms with van der Waals surface area (Å²) in [5, 5.41) is 10.2. The number of aromatic nitrogens is 3. The molecule has 0 aromatic carbocycles. The van der Waals surface area contributed by atoms with Gasteiger partial charge in [0.05, 0.1) is 6.54 Å². The van der Waals surface area contributed by atoms with Gasteiger partial charge in [0.1, 0.15) is 11.9 Å². The number of thiophene rings is 1. The number of hydrogen-bond donors (Lipinski definition) is 1. The molecule has 7 heteroatoms. The lowest BCUT2D eigenvalue weighted by Crippen LogP contribution is -2.35. The molecule has 20 heavy (non-hydrogen) atoms. The molecule has 2 N–H and O–H groups in total. The molecule has 0 bridgehead atoms. The first-order chi connectivity index (χ1) is 9.66. The average molecular weight is 291 g/mol. The Hall–Kier alpha value is -1.73. The van der Waals surface area contributed by atoms with Crippen LogP contribution in [0.5, 0.6) is 0 Å². The lowest BCUT2D eigenvalue weighted by Gasteiger charge is -2.20. The van der Waals surface area contributed by atoms with Crippen LogP contribution in [0, 0.1) is 0 Å². The predicted octanol–water partition coefficient (Wildman–Crippen LogP) is 0.944. The first-order valence-corrected chi connectivity index (χ1v) is 7.49. The van der Waals surface area contributed by atoms with E-state index in [4.69, 9.17) is 5.73 Å². The molecule has 3 rings (SSSR count). The minimum Gasteiger partial charge on any atom is -0.337 e. The smallest absolute Gasteiger partial charge is 0.245 e. The van der Waals surface area contributed by atoms with E-state index in [1.807, 2.05) is 17.5 Å². The van der Waals surface area contributed by atoms with Gasteiger partial charge in [0.25, 0.3) is 0 Å². The standard InChI is InChI=1S/C13H17N5OS/c1-17(13(19)12(14)9-4-3-7-20-9)8-11-16-15-10-5-2-6-18(10)11/h3-4,7,12H,2,5-6,8,14H2,1H3. The van der Waals surface area contributed by atoms with Gasteiger partial charge in [-0.05, 0) is 17.9 Å². The highest BCUT2D eigenvalue weighted by atomic mass is 32.1. The lowest BCUT2D eigenvalue weighted by molar-refractivity contribution is -0.132. The van der Waals surface area contributed by atoms with Crippen LogP contribution < -0.4 is 5.73 Å². The maximum Gasteiger partial charge on any atom is 0.245 e. The van der Waals surface area contributed by atoms with E-state index >= 15 is 0 Å². The van der Waals surface area contributed by atoms with E-state index in [9.17, 15) is 4.79 Å². The number of amides is 1. The number of hydrogen-bond acceptors (Lipinski definition) is 5. The van der Waals surface area contributed by atoms with E-state index in [1.54, 1.807) is 11.9 Å². The molecule has 1 amide bonds. The molecule has 0 aliphatic carbocycles. The largest absolute Gasteiger partial charge is 0.337 e. The van der Waals surface area contributed by atoms with Crippen molar-refractivity contribution in [2.24, 2.45) is 5.73 Å². The Labute approximate surface area is 121 Å². The summed E-state index contributed by atoms with van der Waals surface area (Å²) >= 11 is 1.50. The molecule has 0 saturated carbocycles. The number of nitrogens with two attached hydrogens (primary N) is 1. The van der Waals surface area contributed by atoms with Crippen molar-refractivity contribution >= 4 is 17.2 Å². The zero-order valence-corrected chi connectivity index (χ0v) is 12.1. The van der Waals surface area contributed by atoms with Crippen LogP contribution in [0.15, 0.2) is 17.5 Å². The number of likely N-dealkylation sites (N-methyl/N-ethyl adjacent to an activating group) is 1. The van der Waals surface area contributed by atoms with E-state index in [-0.39, 0.29) is 5.91 Å². The summed E-state index contributed by atoms with van der Waals surface area (Å²) in [4.78, 5) is 14.8. The molecule has 0 saturated heterocycles. The first kappa shape index (κ1) is 13.3. The number of fused-ring (bicyclic) bond motifs is 1. The topological polar surface area (TPSA) is 77.0 Å². The Morgan fingerprint density at radius 1 is 1.60 bits per heavy atom. The van der Waals surface area contributed by atoms with Crippen LogP contribution in [-0.4, -0.2) is 32.6 Å². The highest BCUT2D eigenvalue weighted by Crippen LogP contribution is 2.20. The summed E-state index contributed by atoms with van der Waals surface area (Å²) in [5.74, 6) is 1.76. The fraction of sp³-hybridized carbons (Fsp3) is 0.462. The van der Waals surface area contributed by atoms with Crippen molar-refractivity contribution < 1.29 is 4.79 Å². The number of rotatable bonds is 4. The van der Waals surface area contributed by atoms with Crippen molar-refractivity contribution in [2.45, 2.75) is 32.0 Å². The quantitative estimate of drug-likeness (QED) is 0.909. The van der Waals surface area contributed by atoms with Gasteiger partial charge < -0.3 is 15.2 Å². The van der Waals surface area contributed by atoms with Gasteiger partial charge in [0, 0.05) is 24.9 Å². The summed E-state index contributed by atoms with van der Waals surface area (Å²) in [7, 11) is 1.76. The monoisotopic (exact) mass is 291 g/mol. The molecular formula is C13H17N5OS. The van der Waals surface area contributed by atoms with Crippen molar-refractivity contribution in [2.75, 3.05) is 7.05 Å². The molecule has 1 aliphatic heterocycles. The highest BCUT2D eigenvalue weighted by molar-refractivity contribution is 7.10. The van der Waals surface area contributed by atoms with Gasteiger partial charge in [-0.25, -0.2) is 0 Å². The minimum atomic E-state index is -0.596. The molecule has 1 aliphatic rings. The normalized spacial score (nSPS) is 15.1. The summed E-state index contributed by atoms with van der Waals surface area (Å²) in [6.45, 7) is 1.39. The molecule has 6 nitrogen and oxygen atoms in total. The van der Waals surface area contributed by atoms with Crippen LogP contribution in [0.4, 0.5) is 0 Å². The van der Waals surface area contributed by atoms with E-state index in [0.29, 0.717) is 6.54 Å². The molecule has 2 aromatic rings. The van der Waals surface area contributed by atoms with E-state index in [1.165, 1.54) is 11.3 Å². The average Bonchev–Trinajstić information content (AvgIpc) is 3.15. The van der Waals surface area contributed by atoms with Gasteiger partial charge in [0.15, 0.2) is 5.82 Å². The van der Waals surface area contributed by atoms with Crippen molar-refractivity contribution in [1.82, 2.24) is 19.7 Å². The fourth-order valence-electron chi connectivity index (χ4n) is 2.45. The maximum absolute atomic E-state index is 12.3. The third-order valence-corrected chi connectivity index (χ3v) is 4.51. The summed E-state index contributed by atoms with van der Waals surface area (Å²) in [6, 6.07) is 3.19. The molecule has 1 unspecified atom stereocenters. The second-order valence-corrected chi connectivity index (χ2v) is 5.95. The second-order valence-electron chi connectivity index (χ2n) is 4.98. The zero-order valence-electron chi connectivity index (χ0n) is 11.3. The number of carbonyl (C=O) groups excluding carboxylic acids is 1. The molecule has 3 heterocycles. The van der Waals surface area contributed by atoms with Gasteiger partial charge in [-0.15, -0.1) is 21.5 Å². The summed E-state index contributed by atoms with van der Waals surface area (Å²) < 4.78 is 2.10. The Bertz CT molecular complexity index is 606. The fourth-order valence-corrected chi connectivity index (χ4v) is 3.16. The molecule has 1 atom stereocenters. The van der Waals surface area contributed by atoms with Crippen LogP contribution >= 0.6 is 11.3 Å². The molecule has 0 radical (unpaired) electrons. The van der Waals surface area contributed by atoms with E-state index in [0.717, 1.165) is 35.9 Å². The van der Waals surface area contributed by atoms with E-state index in [2.05, 4.69) is 14.8 Å². The highest BCUT2D eigenvalue weighted by Gasteiger charge is 2.24. The van der Waals surface area contributed by atoms with Crippen molar-refractivity contribution in [3.05, 3.63) is 34.0 Å². The molecule has 0 spiro atoms. The summed E-state index contributed by atoms with van der Waals surface area (Å²) in [5.41, 5.74) is 6.00. The van der Waals surface area contributed by atoms with Gasteiger partial charge in [-0.2, -0.15) is 0 Å². The third kappa shape index (κ3) is 2.34. The number of carbonyl (C=O) groups is 1. The minimum absolute atomic E-state index is 0.0946. The number of nitrogens with zero attached hydrogens (tertiary/aromatic N) is 4. The van der Waals surface area contributed by atoms with Crippen LogP contribution in [0.25, 0.3) is 0 Å². The first-order valence-electron chi connectivity index (χ1n) is 6.61. The van der Waals surface area contributed by atoms with Gasteiger partial charge >= 0.3 is 0 Å². The van der Waals surface area contributed by atoms with Crippen LogP contribution in [0.3, 0.4) is 0 Å². The molecule has 2 aromatic heterocycles. The molecular weight excluding hydrogens is 274 g/mol. The summed E-state index contributed by atoms with van der Waals surface area (Å²) in [6.07, 6.45) is 2.07. The van der Waals surface area contributed by atoms with Gasteiger partial charge in [0.2, 0.25) is 5.91 Å². The van der Waals surface area contributed by atoms with E-state index < -0.39 is 6.04 Å². The van der Waals surface area contributed by atoms with Gasteiger partial charge in [-0.3, -0.25) is 4.79 Å². The van der Waals surface area contributed by atoms with Crippen molar-refractivity contribution in [3.63, 3.8) is 0 Å². The Balaban J connectivity index is 1.69. The predicted molar refractivity (Wildman–Crippen MR) is 76.1 cm³/mol. The second kappa shape index (κ2) is 5.34. The molecule has 106 valence electrons. The molecule has 0 fully saturated rings. The van der Waals surface area contributed by atoms with Crippen LogP contribution in [-0.2, 0) is 24.3 Å².